The maximum atomic E-state index is 11.7. The SMILES string of the molecule is O=C(C=C(O)c1ccccc1)C(=O)NNc1ccc(C(=O)O)cc1. The molecule has 0 radical (unpaired) electrons. The van der Waals surface area contributed by atoms with E-state index in [0.29, 0.717) is 11.3 Å². The number of carbonyl (C=O) groups excluding carboxylic acids is 2. The van der Waals surface area contributed by atoms with Gasteiger partial charge >= 0.3 is 11.9 Å². The summed E-state index contributed by atoms with van der Waals surface area (Å²) in [7, 11) is 0. The molecule has 7 nitrogen and oxygen atoms in total. The van der Waals surface area contributed by atoms with Crippen LogP contribution in [0.5, 0.6) is 0 Å². The van der Waals surface area contributed by atoms with Crippen LogP contribution in [0.4, 0.5) is 5.69 Å². The van der Waals surface area contributed by atoms with E-state index in [-0.39, 0.29) is 11.3 Å². The molecule has 0 spiro atoms. The Balaban J connectivity index is 1.94. The lowest BCUT2D eigenvalue weighted by molar-refractivity contribution is -0.134. The maximum absolute atomic E-state index is 11.7. The summed E-state index contributed by atoms with van der Waals surface area (Å²) in [6, 6.07) is 13.9. The van der Waals surface area contributed by atoms with E-state index in [1.54, 1.807) is 30.3 Å². The Kier molecular flexibility index (Phi) is 5.30. The minimum absolute atomic E-state index is 0.0960. The molecule has 0 fully saturated rings. The number of ketones is 1. The average Bonchev–Trinajstić information content (AvgIpc) is 2.60. The highest BCUT2D eigenvalue weighted by atomic mass is 16.4. The van der Waals surface area contributed by atoms with Gasteiger partial charge in [-0.15, -0.1) is 0 Å². The third-order valence-electron chi connectivity index (χ3n) is 3.01. The van der Waals surface area contributed by atoms with Crippen molar-refractivity contribution in [1.82, 2.24) is 5.43 Å². The second-order valence-electron chi connectivity index (χ2n) is 4.72. The molecule has 0 bridgehead atoms. The fraction of sp³-hybridized carbons (Fsp3) is 0. The molecule has 0 saturated heterocycles. The van der Waals surface area contributed by atoms with Crippen LogP contribution in [0.2, 0.25) is 0 Å². The third kappa shape index (κ3) is 4.44. The summed E-state index contributed by atoms with van der Waals surface area (Å²) < 4.78 is 0. The molecule has 2 aromatic carbocycles. The standard InChI is InChI=1S/C17H14N2O5/c20-14(11-4-2-1-3-5-11)10-15(21)16(22)19-18-13-8-6-12(7-9-13)17(23)24/h1-10,18,20H,(H,19,22)(H,23,24). The van der Waals surface area contributed by atoms with Gasteiger partial charge in [0.25, 0.3) is 0 Å². The molecule has 0 aliphatic carbocycles. The summed E-state index contributed by atoms with van der Waals surface area (Å²) in [5, 5.41) is 18.6. The van der Waals surface area contributed by atoms with E-state index in [1.807, 2.05) is 0 Å². The van der Waals surface area contributed by atoms with Gasteiger partial charge in [0.15, 0.2) is 0 Å². The van der Waals surface area contributed by atoms with Crippen molar-refractivity contribution in [3.8, 4) is 0 Å². The number of aliphatic hydroxyl groups is 1. The van der Waals surface area contributed by atoms with E-state index in [9.17, 15) is 19.5 Å². The Hall–Kier alpha value is -3.61. The first-order valence-corrected chi connectivity index (χ1v) is 6.87. The van der Waals surface area contributed by atoms with Gasteiger partial charge in [-0.05, 0) is 24.3 Å². The molecule has 1 amide bonds. The lowest BCUT2D eigenvalue weighted by Gasteiger charge is -2.07. The molecule has 2 aromatic rings. The highest BCUT2D eigenvalue weighted by molar-refractivity contribution is 6.41. The van der Waals surface area contributed by atoms with Crippen molar-refractivity contribution in [1.29, 1.82) is 0 Å². The van der Waals surface area contributed by atoms with Crippen LogP contribution in [0.3, 0.4) is 0 Å². The van der Waals surface area contributed by atoms with Crippen LogP contribution in [0.1, 0.15) is 15.9 Å². The Morgan fingerprint density at radius 2 is 1.46 bits per heavy atom. The van der Waals surface area contributed by atoms with Crippen molar-refractivity contribution >= 4 is 29.1 Å². The topological polar surface area (TPSA) is 116 Å². The minimum Gasteiger partial charge on any atom is -0.507 e. The molecule has 4 N–H and O–H groups in total. The zero-order valence-electron chi connectivity index (χ0n) is 12.4. The monoisotopic (exact) mass is 326 g/mol. The first kappa shape index (κ1) is 16.8. The first-order chi connectivity index (χ1) is 11.5. The number of amides is 1. The number of nitrogens with one attached hydrogen (secondary N) is 2. The predicted octanol–water partition coefficient (Wildman–Crippen LogP) is 2.00. The van der Waals surface area contributed by atoms with Gasteiger partial charge in [0.1, 0.15) is 5.76 Å². The number of aromatic carboxylic acids is 1. The van der Waals surface area contributed by atoms with E-state index in [2.05, 4.69) is 10.9 Å². The van der Waals surface area contributed by atoms with Crippen LogP contribution in [-0.4, -0.2) is 27.9 Å². The fourth-order valence-corrected chi connectivity index (χ4v) is 1.77. The Morgan fingerprint density at radius 1 is 0.833 bits per heavy atom. The number of carboxylic acid groups (broad SMARTS) is 1. The molecule has 24 heavy (non-hydrogen) atoms. The number of carbonyl (C=O) groups is 3. The number of hydrogen-bond acceptors (Lipinski definition) is 5. The van der Waals surface area contributed by atoms with E-state index in [4.69, 9.17) is 5.11 Å². The van der Waals surface area contributed by atoms with Gasteiger partial charge in [0.05, 0.1) is 11.3 Å². The van der Waals surface area contributed by atoms with Crippen LogP contribution in [0.25, 0.3) is 5.76 Å². The summed E-state index contributed by atoms with van der Waals surface area (Å²) in [6.45, 7) is 0. The molecule has 0 atom stereocenters. The molecular formula is C17H14N2O5. The molecule has 0 aromatic heterocycles. The number of aliphatic hydroxyl groups excluding tert-OH is 1. The van der Waals surface area contributed by atoms with Crippen molar-refractivity contribution in [3.63, 3.8) is 0 Å². The van der Waals surface area contributed by atoms with Gasteiger partial charge in [0.2, 0.25) is 5.78 Å². The van der Waals surface area contributed by atoms with Gasteiger partial charge in [-0.25, -0.2) is 4.79 Å². The molecule has 0 aliphatic heterocycles. The number of hydrazine groups is 1. The number of carboxylic acids is 1. The fourth-order valence-electron chi connectivity index (χ4n) is 1.77. The van der Waals surface area contributed by atoms with Gasteiger partial charge < -0.3 is 10.2 Å². The van der Waals surface area contributed by atoms with Crippen LogP contribution < -0.4 is 10.9 Å². The van der Waals surface area contributed by atoms with Crippen molar-refractivity contribution in [2.24, 2.45) is 0 Å². The van der Waals surface area contributed by atoms with Crippen LogP contribution in [-0.2, 0) is 9.59 Å². The number of benzene rings is 2. The quantitative estimate of drug-likeness (QED) is 0.279. The van der Waals surface area contributed by atoms with Gasteiger partial charge in [-0.3, -0.25) is 20.4 Å². The van der Waals surface area contributed by atoms with Crippen molar-refractivity contribution in [2.45, 2.75) is 0 Å². The minimum atomic E-state index is -1.07. The Labute approximate surface area is 137 Å². The lowest BCUT2D eigenvalue weighted by Crippen LogP contribution is -2.34. The summed E-state index contributed by atoms with van der Waals surface area (Å²) >= 11 is 0. The van der Waals surface area contributed by atoms with E-state index in [0.717, 1.165) is 6.08 Å². The molecule has 2 rings (SSSR count). The molecule has 122 valence electrons. The second kappa shape index (κ2) is 7.59. The Bertz CT molecular complexity index is 782. The molecule has 0 aliphatic rings. The lowest BCUT2D eigenvalue weighted by atomic mass is 10.1. The normalized spacial score (nSPS) is 10.8. The smallest absolute Gasteiger partial charge is 0.335 e. The Morgan fingerprint density at radius 3 is 2.04 bits per heavy atom. The van der Waals surface area contributed by atoms with Crippen LogP contribution >= 0.6 is 0 Å². The third-order valence-corrected chi connectivity index (χ3v) is 3.01. The maximum Gasteiger partial charge on any atom is 0.335 e. The molecule has 0 unspecified atom stereocenters. The zero-order chi connectivity index (χ0) is 17.5. The molecule has 0 heterocycles. The van der Waals surface area contributed by atoms with Crippen molar-refractivity contribution < 1.29 is 24.6 Å². The van der Waals surface area contributed by atoms with Crippen LogP contribution in [0, 0.1) is 0 Å². The highest BCUT2D eigenvalue weighted by Crippen LogP contribution is 2.10. The van der Waals surface area contributed by atoms with E-state index >= 15 is 0 Å². The summed E-state index contributed by atoms with van der Waals surface area (Å²) in [5.41, 5.74) is 5.55. The largest absolute Gasteiger partial charge is 0.507 e. The summed E-state index contributed by atoms with van der Waals surface area (Å²) in [6.07, 6.45) is 0.819. The van der Waals surface area contributed by atoms with E-state index in [1.165, 1.54) is 24.3 Å². The zero-order valence-corrected chi connectivity index (χ0v) is 12.4. The summed E-state index contributed by atoms with van der Waals surface area (Å²) in [4.78, 5) is 34.1. The van der Waals surface area contributed by atoms with Crippen molar-refractivity contribution in [2.75, 3.05) is 5.43 Å². The average molecular weight is 326 g/mol. The van der Waals surface area contributed by atoms with Crippen molar-refractivity contribution in [3.05, 3.63) is 71.8 Å². The first-order valence-electron chi connectivity index (χ1n) is 6.87. The van der Waals surface area contributed by atoms with Crippen LogP contribution in [0.15, 0.2) is 60.7 Å². The van der Waals surface area contributed by atoms with Gasteiger partial charge in [0, 0.05) is 11.6 Å². The second-order valence-corrected chi connectivity index (χ2v) is 4.72. The number of hydrogen-bond donors (Lipinski definition) is 4. The van der Waals surface area contributed by atoms with Gasteiger partial charge in [-0.2, -0.15) is 0 Å². The number of rotatable bonds is 6. The summed E-state index contributed by atoms with van der Waals surface area (Å²) in [5.74, 6) is -3.30. The predicted molar refractivity (Wildman–Crippen MR) is 87.2 cm³/mol. The number of anilines is 1. The highest BCUT2D eigenvalue weighted by Gasteiger charge is 2.12. The molecule has 0 saturated carbocycles. The van der Waals surface area contributed by atoms with E-state index < -0.39 is 17.7 Å². The molecule has 7 heteroatoms. The van der Waals surface area contributed by atoms with Gasteiger partial charge in [-0.1, -0.05) is 30.3 Å². The molecular weight excluding hydrogens is 312 g/mol.